The first-order chi connectivity index (χ1) is 8.92. The number of hydrogen-bond acceptors (Lipinski definition) is 4. The van der Waals surface area contributed by atoms with Gasteiger partial charge >= 0.3 is 6.18 Å². The first-order valence-electron chi connectivity index (χ1n) is 5.71. The molecule has 5 nitrogen and oxygen atoms in total. The van der Waals surface area contributed by atoms with Crippen LogP contribution in [0.5, 0.6) is 0 Å². The predicted octanol–water partition coefficient (Wildman–Crippen LogP) is 2.82. The van der Waals surface area contributed by atoms with Crippen LogP contribution in [0.2, 0.25) is 0 Å². The molecule has 0 saturated carbocycles. The molecule has 0 heterocycles. The summed E-state index contributed by atoms with van der Waals surface area (Å²) in [6.07, 6.45) is -4.64. The Balaban J connectivity index is 3.24. The van der Waals surface area contributed by atoms with Crippen molar-refractivity contribution >= 4 is 11.4 Å². The van der Waals surface area contributed by atoms with Crippen molar-refractivity contribution < 1.29 is 23.2 Å². The van der Waals surface area contributed by atoms with Crippen molar-refractivity contribution in [3.63, 3.8) is 0 Å². The van der Waals surface area contributed by atoms with Crippen molar-refractivity contribution in [1.82, 2.24) is 0 Å². The Morgan fingerprint density at radius 3 is 2.30 bits per heavy atom. The molecule has 0 aliphatic rings. The molecule has 0 fully saturated rings. The zero-order valence-electron chi connectivity index (χ0n) is 11.2. The van der Waals surface area contributed by atoms with Gasteiger partial charge < -0.3 is 10.0 Å². The van der Waals surface area contributed by atoms with E-state index in [1.54, 1.807) is 0 Å². The molecule has 1 aromatic rings. The largest absolute Gasteiger partial charge is 0.416 e. The number of benzene rings is 1. The van der Waals surface area contributed by atoms with Gasteiger partial charge in [0, 0.05) is 19.7 Å². The Labute approximate surface area is 113 Å². The molecule has 0 unspecified atom stereocenters. The van der Waals surface area contributed by atoms with E-state index in [-0.39, 0.29) is 12.2 Å². The van der Waals surface area contributed by atoms with Crippen LogP contribution in [0, 0.1) is 10.1 Å². The van der Waals surface area contributed by atoms with Gasteiger partial charge in [0.25, 0.3) is 5.69 Å². The first kappa shape index (κ1) is 16.2. The molecule has 0 spiro atoms. The topological polar surface area (TPSA) is 66.6 Å². The van der Waals surface area contributed by atoms with E-state index in [9.17, 15) is 28.4 Å². The minimum absolute atomic E-state index is 0.0186. The molecule has 20 heavy (non-hydrogen) atoms. The molecule has 112 valence electrons. The van der Waals surface area contributed by atoms with E-state index in [1.807, 2.05) is 0 Å². The van der Waals surface area contributed by atoms with Gasteiger partial charge in [-0.25, -0.2) is 0 Å². The van der Waals surface area contributed by atoms with Crippen molar-refractivity contribution in [3.05, 3.63) is 33.9 Å². The summed E-state index contributed by atoms with van der Waals surface area (Å²) in [4.78, 5) is 11.4. The number of hydrogen-bond donors (Lipinski definition) is 1. The smallest absolute Gasteiger partial charge is 0.389 e. The SMILES string of the molecule is CN(CC(C)(C)O)c1ccc(C(F)(F)F)cc1[N+](=O)[O-]. The van der Waals surface area contributed by atoms with Gasteiger partial charge in [0.05, 0.1) is 16.1 Å². The lowest BCUT2D eigenvalue weighted by Gasteiger charge is -2.27. The molecule has 0 radical (unpaired) electrons. The number of aliphatic hydroxyl groups is 1. The molecule has 8 heteroatoms. The molecule has 1 aromatic carbocycles. The summed E-state index contributed by atoms with van der Waals surface area (Å²) in [5.41, 5.74) is -2.84. The van der Waals surface area contributed by atoms with Crippen molar-refractivity contribution in [2.24, 2.45) is 0 Å². The second kappa shape index (κ2) is 5.28. The molecule has 0 aromatic heterocycles. The van der Waals surface area contributed by atoms with Crippen LogP contribution < -0.4 is 4.90 Å². The third kappa shape index (κ3) is 4.09. The zero-order chi connectivity index (χ0) is 15.7. The van der Waals surface area contributed by atoms with Crippen LogP contribution >= 0.6 is 0 Å². The van der Waals surface area contributed by atoms with E-state index in [2.05, 4.69) is 0 Å². The number of likely N-dealkylation sites (N-methyl/N-ethyl adjacent to an activating group) is 1. The van der Waals surface area contributed by atoms with Crippen LogP contribution in [0.1, 0.15) is 19.4 Å². The fraction of sp³-hybridized carbons (Fsp3) is 0.500. The van der Waals surface area contributed by atoms with Crippen molar-refractivity contribution in [2.75, 3.05) is 18.5 Å². The quantitative estimate of drug-likeness (QED) is 0.684. The highest BCUT2D eigenvalue weighted by Gasteiger charge is 2.33. The van der Waals surface area contributed by atoms with Gasteiger partial charge in [-0.15, -0.1) is 0 Å². The number of halogens is 3. The molecule has 0 aliphatic carbocycles. The monoisotopic (exact) mass is 292 g/mol. The van der Waals surface area contributed by atoms with Crippen molar-refractivity contribution in [1.29, 1.82) is 0 Å². The van der Waals surface area contributed by atoms with Gasteiger partial charge in [-0.05, 0) is 26.0 Å². The van der Waals surface area contributed by atoms with E-state index in [0.29, 0.717) is 6.07 Å². The van der Waals surface area contributed by atoms with Crippen LogP contribution in [0.25, 0.3) is 0 Å². The van der Waals surface area contributed by atoms with Gasteiger partial charge in [0.2, 0.25) is 0 Å². The summed E-state index contributed by atoms with van der Waals surface area (Å²) in [6.45, 7) is 3.04. The van der Waals surface area contributed by atoms with E-state index in [4.69, 9.17) is 0 Å². The highest BCUT2D eigenvalue weighted by Crippen LogP contribution is 2.36. The van der Waals surface area contributed by atoms with E-state index >= 15 is 0 Å². The predicted molar refractivity (Wildman–Crippen MR) is 67.7 cm³/mol. The third-order valence-corrected chi connectivity index (χ3v) is 2.53. The first-order valence-corrected chi connectivity index (χ1v) is 5.71. The lowest BCUT2D eigenvalue weighted by Crippen LogP contribution is -2.36. The highest BCUT2D eigenvalue weighted by molar-refractivity contribution is 5.64. The van der Waals surface area contributed by atoms with E-state index in [0.717, 1.165) is 12.1 Å². The number of rotatable bonds is 4. The van der Waals surface area contributed by atoms with E-state index in [1.165, 1.54) is 25.8 Å². The number of nitro groups is 1. The summed E-state index contributed by atoms with van der Waals surface area (Å²) in [5, 5.41) is 20.6. The molecular weight excluding hydrogens is 277 g/mol. The Bertz CT molecular complexity index is 510. The molecular formula is C12H15F3N2O3. The standard InChI is InChI=1S/C12H15F3N2O3/c1-11(2,18)7-16(3)9-5-4-8(12(13,14)15)6-10(9)17(19)20/h4-6,18H,7H2,1-3H3. The lowest BCUT2D eigenvalue weighted by atomic mass is 10.1. The average molecular weight is 292 g/mol. The van der Waals surface area contributed by atoms with Gasteiger partial charge in [-0.3, -0.25) is 10.1 Å². The van der Waals surface area contributed by atoms with E-state index < -0.39 is 28.0 Å². The Morgan fingerprint density at radius 1 is 1.35 bits per heavy atom. The maximum absolute atomic E-state index is 12.6. The molecule has 0 saturated heterocycles. The molecule has 0 aliphatic heterocycles. The number of nitro benzene ring substituents is 1. The van der Waals surface area contributed by atoms with Gasteiger partial charge in [0.15, 0.2) is 0 Å². The highest BCUT2D eigenvalue weighted by atomic mass is 19.4. The zero-order valence-corrected chi connectivity index (χ0v) is 11.2. The third-order valence-electron chi connectivity index (χ3n) is 2.53. The van der Waals surface area contributed by atoms with Crippen LogP contribution in [0.3, 0.4) is 0 Å². The normalized spacial score (nSPS) is 12.3. The Morgan fingerprint density at radius 2 is 1.90 bits per heavy atom. The average Bonchev–Trinajstić information content (AvgIpc) is 2.24. The fourth-order valence-electron chi connectivity index (χ4n) is 1.83. The maximum atomic E-state index is 12.6. The Kier molecular flexibility index (Phi) is 4.28. The van der Waals surface area contributed by atoms with Crippen LogP contribution in [-0.2, 0) is 6.18 Å². The second-order valence-corrected chi connectivity index (χ2v) is 5.13. The van der Waals surface area contributed by atoms with Crippen molar-refractivity contribution in [3.8, 4) is 0 Å². The molecule has 0 atom stereocenters. The number of anilines is 1. The maximum Gasteiger partial charge on any atom is 0.416 e. The summed E-state index contributed by atoms with van der Waals surface area (Å²) < 4.78 is 37.7. The van der Waals surface area contributed by atoms with Crippen LogP contribution in [-0.4, -0.2) is 29.2 Å². The molecule has 0 bridgehead atoms. The summed E-state index contributed by atoms with van der Waals surface area (Å²) in [5.74, 6) is 0. The van der Waals surface area contributed by atoms with Gasteiger partial charge in [-0.1, -0.05) is 0 Å². The second-order valence-electron chi connectivity index (χ2n) is 5.13. The van der Waals surface area contributed by atoms with Gasteiger partial charge in [-0.2, -0.15) is 13.2 Å². The van der Waals surface area contributed by atoms with Crippen LogP contribution in [0.4, 0.5) is 24.5 Å². The summed E-state index contributed by atoms with van der Waals surface area (Å²) in [7, 11) is 1.47. The van der Waals surface area contributed by atoms with Crippen molar-refractivity contribution in [2.45, 2.75) is 25.6 Å². The van der Waals surface area contributed by atoms with Crippen LogP contribution in [0.15, 0.2) is 18.2 Å². The molecule has 1 N–H and O–H groups in total. The minimum Gasteiger partial charge on any atom is -0.389 e. The number of nitrogens with zero attached hydrogens (tertiary/aromatic N) is 2. The molecule has 0 amide bonds. The summed E-state index contributed by atoms with van der Waals surface area (Å²) >= 11 is 0. The lowest BCUT2D eigenvalue weighted by molar-refractivity contribution is -0.384. The Hall–Kier alpha value is -1.83. The molecule has 1 rings (SSSR count). The van der Waals surface area contributed by atoms with Gasteiger partial charge in [0.1, 0.15) is 5.69 Å². The minimum atomic E-state index is -4.64. The number of alkyl halides is 3. The summed E-state index contributed by atoms with van der Waals surface area (Å²) in [6, 6.07) is 2.31. The fourth-order valence-corrected chi connectivity index (χ4v) is 1.83.